The molecular formula is C42H35N7Na4O15S4. The molecule has 22 nitrogen and oxygen atoms in total. The number of aliphatic imine (C=N–C) groups is 1. The number of hydrogen-bond donors (Lipinski definition) is 6. The molecule has 7 aromatic carbocycles. The molecule has 6 N–H and O–H groups in total. The van der Waals surface area contributed by atoms with Crippen LogP contribution in [0.1, 0.15) is 25.0 Å². The molecule has 0 aromatic heterocycles. The van der Waals surface area contributed by atoms with Gasteiger partial charge in [0.2, 0.25) is 0 Å². The van der Waals surface area contributed by atoms with Crippen LogP contribution in [0.3, 0.4) is 0 Å². The standard InChI is InChI=1S/C42H35N7O15S4.4Na/c1-5-64-35-20-33(46-45-27-13-21(2)39(22(3)14-27)47-44-26-10-9-24-7-6-8-36(31(24)17-26)67(58,59)60)32-18-28(65(52,53)54)11-12-30(32)40(35)48-49-41-37(68(61,62)63)16-25-15-29(66(55,56)57)19-34(43-23(4)50)38(25)42(41)51;;;;/h6-20,51H,5H2,1-4H3,(H,43,50)(H,52,53,54)(H,55,56,57)(H,58,59,60)(H,61,62,63);;;;. The molecule has 356 valence electrons. The molecule has 0 aliphatic carbocycles. The largest absolute Gasteiger partial charge is 0.505 e. The van der Waals surface area contributed by atoms with E-state index in [1.165, 1.54) is 30.3 Å². The number of aromatic hydroxyl groups is 1. The van der Waals surface area contributed by atoms with Crippen LogP contribution in [0.25, 0.3) is 32.3 Å². The van der Waals surface area contributed by atoms with E-state index in [1.54, 1.807) is 51.1 Å². The van der Waals surface area contributed by atoms with E-state index in [-0.39, 0.29) is 179 Å². The van der Waals surface area contributed by atoms with Crippen molar-refractivity contribution in [1.82, 2.24) is 0 Å². The first kappa shape index (κ1) is 63.1. The van der Waals surface area contributed by atoms with Crippen LogP contribution in [0.4, 0.5) is 39.8 Å². The molecule has 0 aliphatic heterocycles. The van der Waals surface area contributed by atoms with Crippen LogP contribution in [-0.2, 0) is 40.5 Å². The Hall–Kier alpha value is -3.17. The molecule has 0 saturated carbocycles. The maximum atomic E-state index is 12.7. The second kappa shape index (κ2) is 24.7. The third-order valence-electron chi connectivity index (χ3n) is 9.95. The molecule has 72 heavy (non-hydrogen) atoms. The van der Waals surface area contributed by atoms with Crippen LogP contribution in [0.2, 0.25) is 0 Å². The van der Waals surface area contributed by atoms with Crippen LogP contribution in [0.15, 0.2) is 146 Å². The van der Waals surface area contributed by atoms with Gasteiger partial charge >= 0.3 is 0 Å². The van der Waals surface area contributed by atoms with Gasteiger partial charge in [-0.1, -0.05) is 24.3 Å². The number of benzene rings is 7. The fourth-order valence-corrected chi connectivity index (χ4v) is 9.49. The molecule has 0 bridgehead atoms. The van der Waals surface area contributed by atoms with Crippen LogP contribution >= 0.6 is 0 Å². The third-order valence-corrected chi connectivity index (χ3v) is 13.4. The summed E-state index contributed by atoms with van der Waals surface area (Å²) >= 11 is 0. The minimum atomic E-state index is -5.30. The van der Waals surface area contributed by atoms with Crippen molar-refractivity contribution in [2.45, 2.75) is 47.3 Å². The van der Waals surface area contributed by atoms with Gasteiger partial charge in [-0.15, -0.1) is 15.3 Å². The first-order chi connectivity index (χ1) is 31.7. The van der Waals surface area contributed by atoms with Crippen LogP contribution in [0, 0.1) is 13.8 Å². The van der Waals surface area contributed by atoms with E-state index >= 15 is 0 Å². The molecule has 0 heterocycles. The van der Waals surface area contributed by atoms with E-state index in [2.05, 4.69) is 35.7 Å². The summed E-state index contributed by atoms with van der Waals surface area (Å²) in [5, 5.41) is 47.0. The molecule has 7 aromatic rings. The summed E-state index contributed by atoms with van der Waals surface area (Å²) in [6, 6.07) is 19.2. The van der Waals surface area contributed by atoms with Crippen molar-refractivity contribution >= 4 is 237 Å². The summed E-state index contributed by atoms with van der Waals surface area (Å²) < 4.78 is 144. The fraction of sp³-hybridized carbons (Fsp3) is 0.119. The Morgan fingerprint density at radius 3 is 1.71 bits per heavy atom. The molecule has 30 heteroatoms. The minimum absolute atomic E-state index is 0. The van der Waals surface area contributed by atoms with Crippen LogP contribution < -0.4 is 4.74 Å². The summed E-state index contributed by atoms with van der Waals surface area (Å²) in [7, 11) is -19.6. The zero-order valence-corrected chi connectivity index (χ0v) is 50.8. The Bertz CT molecular complexity index is 3870. The quantitative estimate of drug-likeness (QED) is 0.0206. The summed E-state index contributed by atoms with van der Waals surface area (Å²) in [4.78, 5) is 1.03. The normalized spacial score (nSPS) is 12.5. The van der Waals surface area contributed by atoms with E-state index in [1.807, 2.05) is 0 Å². The summed E-state index contributed by atoms with van der Waals surface area (Å²) in [5.74, 6) is -1.76. The Morgan fingerprint density at radius 1 is 0.528 bits per heavy atom. The second-order valence-corrected chi connectivity index (χ2v) is 20.4. The number of phenolic OH excluding ortho intramolecular Hbond substituents is 1. The number of ether oxygens (including phenoxy) is 1. The van der Waals surface area contributed by atoms with E-state index in [0.29, 0.717) is 27.9 Å². The van der Waals surface area contributed by atoms with Crippen molar-refractivity contribution in [1.29, 1.82) is 0 Å². The van der Waals surface area contributed by atoms with Gasteiger partial charge in [-0.2, -0.15) is 49.0 Å². The number of hydrogen-bond acceptors (Lipinski definition) is 17. The van der Waals surface area contributed by atoms with Gasteiger partial charge in [0.05, 0.1) is 50.2 Å². The number of fused-ring (bicyclic) bond motifs is 3. The predicted molar refractivity (Wildman–Crippen MR) is 271 cm³/mol. The zero-order chi connectivity index (χ0) is 49.7. The van der Waals surface area contributed by atoms with Crippen molar-refractivity contribution in [2.75, 3.05) is 6.61 Å². The zero-order valence-electron chi connectivity index (χ0n) is 39.5. The first-order valence-corrected chi connectivity index (χ1v) is 25.1. The van der Waals surface area contributed by atoms with E-state index < -0.39 is 78.2 Å². The predicted octanol–water partition coefficient (Wildman–Crippen LogP) is 9.19. The van der Waals surface area contributed by atoms with Gasteiger partial charge in [0, 0.05) is 147 Å². The van der Waals surface area contributed by atoms with Crippen LogP contribution in [-0.4, -0.2) is 193 Å². The van der Waals surface area contributed by atoms with E-state index in [0.717, 1.165) is 37.3 Å². The molecular weight excluding hydrogens is 1060 g/mol. The number of rotatable bonds is 13. The first-order valence-electron chi connectivity index (χ1n) is 19.4. The molecule has 0 amide bonds. The van der Waals surface area contributed by atoms with Gasteiger partial charge in [-0.3, -0.25) is 18.2 Å². The fourth-order valence-electron chi connectivity index (χ4n) is 7.09. The summed E-state index contributed by atoms with van der Waals surface area (Å²) in [5.41, 5.74) is 0.565. The number of aliphatic hydroxyl groups excluding tert-OH is 1. The van der Waals surface area contributed by atoms with Crippen molar-refractivity contribution in [3.63, 3.8) is 0 Å². The van der Waals surface area contributed by atoms with Gasteiger partial charge in [0.1, 0.15) is 26.9 Å². The SMILES string of the molecule is CCOc1cc(N=Nc2cc(C)c(N=Nc3ccc4cccc(S(=O)(=O)O)c4c3)c(C)c2)c2cc(S(=O)(=O)O)ccc2c1N=Nc1c(S(=O)(=O)O)cc2cc(S(=O)(=O)O)cc(N=C(C)O)c2c1O.[Na].[Na].[Na].[Na]. The van der Waals surface area contributed by atoms with E-state index in [9.17, 15) is 62.1 Å². The average Bonchev–Trinajstić information content (AvgIpc) is 3.23. The maximum absolute atomic E-state index is 12.7. The monoisotopic (exact) mass is 1100 g/mol. The third kappa shape index (κ3) is 14.2. The molecule has 0 aliphatic rings. The van der Waals surface area contributed by atoms with Crippen molar-refractivity contribution in [3.05, 3.63) is 102 Å². The van der Waals surface area contributed by atoms with Crippen molar-refractivity contribution < 1.29 is 66.8 Å². The van der Waals surface area contributed by atoms with Gasteiger partial charge in [-0.25, -0.2) is 4.99 Å². The van der Waals surface area contributed by atoms with Gasteiger partial charge in [0.15, 0.2) is 11.6 Å². The van der Waals surface area contributed by atoms with Crippen LogP contribution in [0.5, 0.6) is 11.5 Å². The number of aryl methyl sites for hydroxylation is 2. The van der Waals surface area contributed by atoms with E-state index in [4.69, 9.17) is 4.74 Å². The molecule has 0 saturated heterocycles. The topological polar surface area (TPSA) is 354 Å². The summed E-state index contributed by atoms with van der Waals surface area (Å²) in [6.07, 6.45) is 0. The smallest absolute Gasteiger partial charge is 0.296 e. The molecule has 7 rings (SSSR count). The Balaban J connectivity index is 0.00000342. The Kier molecular flexibility index (Phi) is 21.6. The molecule has 0 spiro atoms. The van der Waals surface area contributed by atoms with Gasteiger partial charge in [0.25, 0.3) is 40.5 Å². The number of azo groups is 3. The number of nitrogens with zero attached hydrogens (tertiary/aromatic N) is 7. The Labute approximate surface area is 500 Å². The average molecular weight is 1100 g/mol. The van der Waals surface area contributed by atoms with Crippen molar-refractivity contribution in [3.8, 4) is 11.5 Å². The maximum Gasteiger partial charge on any atom is 0.296 e. The molecule has 0 fully saturated rings. The van der Waals surface area contributed by atoms with Gasteiger partial charge < -0.3 is 14.9 Å². The molecule has 0 unspecified atom stereocenters. The minimum Gasteiger partial charge on any atom is -0.505 e. The van der Waals surface area contributed by atoms with Crippen molar-refractivity contribution in [2.24, 2.45) is 35.7 Å². The second-order valence-electron chi connectivity index (χ2n) is 14.7. The number of aliphatic hydroxyl groups is 1. The molecule has 4 radical (unpaired) electrons. The number of phenols is 1. The molecule has 0 atom stereocenters. The summed E-state index contributed by atoms with van der Waals surface area (Å²) in [6.45, 7) is 6.13. The van der Waals surface area contributed by atoms with Gasteiger partial charge in [-0.05, 0) is 103 Å². The Morgan fingerprint density at radius 2 is 1.12 bits per heavy atom.